The van der Waals surface area contributed by atoms with E-state index in [1.807, 2.05) is 30.3 Å². The highest BCUT2D eigenvalue weighted by atomic mass is 16.7. The molecule has 1 aliphatic rings. The Morgan fingerprint density at radius 1 is 1.42 bits per heavy atom. The zero-order valence-corrected chi connectivity index (χ0v) is 11.0. The van der Waals surface area contributed by atoms with Gasteiger partial charge in [-0.15, -0.1) is 0 Å². The lowest BCUT2D eigenvalue weighted by Crippen LogP contribution is -2.56. The van der Waals surface area contributed by atoms with Crippen molar-refractivity contribution in [1.29, 1.82) is 0 Å². The summed E-state index contributed by atoms with van der Waals surface area (Å²) < 4.78 is 4.99. The van der Waals surface area contributed by atoms with Gasteiger partial charge < -0.3 is 4.74 Å². The van der Waals surface area contributed by atoms with E-state index in [0.717, 1.165) is 5.56 Å². The lowest BCUT2D eigenvalue weighted by atomic mass is 9.95. The molecular formula is C14H17NO4. The van der Waals surface area contributed by atoms with E-state index in [1.54, 1.807) is 6.92 Å². The number of nitrogens with zero attached hydrogens (tertiary/aromatic N) is 1. The molecule has 1 aromatic rings. The molecule has 0 radical (unpaired) electrons. The maximum atomic E-state index is 11.8. The van der Waals surface area contributed by atoms with Gasteiger partial charge in [0.2, 0.25) is 0 Å². The normalized spacial score (nSPS) is 19.8. The van der Waals surface area contributed by atoms with Crippen LogP contribution >= 0.6 is 0 Å². The summed E-state index contributed by atoms with van der Waals surface area (Å²) >= 11 is 0. The number of hydrogen-bond donors (Lipinski definition) is 0. The molecule has 1 aromatic carbocycles. The molecule has 0 bridgehead atoms. The Balaban J connectivity index is 1.77. The minimum Gasteiger partial charge on any atom is -0.462 e. The molecule has 102 valence electrons. The van der Waals surface area contributed by atoms with Crippen molar-refractivity contribution >= 4 is 11.9 Å². The van der Waals surface area contributed by atoms with Crippen LogP contribution in [0.1, 0.15) is 19.4 Å². The predicted octanol–water partition coefficient (Wildman–Crippen LogP) is 1.53. The fourth-order valence-electron chi connectivity index (χ4n) is 1.96. The van der Waals surface area contributed by atoms with E-state index in [0.29, 0.717) is 13.2 Å². The monoisotopic (exact) mass is 263 g/mol. The summed E-state index contributed by atoms with van der Waals surface area (Å²) in [5.74, 6) is -0.798. The van der Waals surface area contributed by atoms with Crippen LogP contribution < -0.4 is 0 Å². The van der Waals surface area contributed by atoms with Crippen molar-refractivity contribution in [1.82, 2.24) is 5.06 Å². The van der Waals surface area contributed by atoms with E-state index in [9.17, 15) is 9.59 Å². The van der Waals surface area contributed by atoms with E-state index in [2.05, 4.69) is 0 Å². The van der Waals surface area contributed by atoms with Gasteiger partial charge in [-0.2, -0.15) is 0 Å². The van der Waals surface area contributed by atoms with Gasteiger partial charge in [-0.05, 0) is 12.5 Å². The lowest BCUT2D eigenvalue weighted by molar-refractivity contribution is -0.234. The number of esters is 1. The molecule has 0 N–H and O–H groups in total. The molecule has 1 heterocycles. The maximum absolute atomic E-state index is 11.8. The average molecular weight is 263 g/mol. The highest BCUT2D eigenvalue weighted by Crippen LogP contribution is 2.24. The van der Waals surface area contributed by atoms with Gasteiger partial charge in [-0.3, -0.25) is 14.4 Å². The Bertz CT molecular complexity index is 460. The van der Waals surface area contributed by atoms with Crippen LogP contribution in [0.2, 0.25) is 0 Å². The Morgan fingerprint density at radius 2 is 2.11 bits per heavy atom. The zero-order valence-electron chi connectivity index (χ0n) is 11.0. The van der Waals surface area contributed by atoms with E-state index in [4.69, 9.17) is 9.57 Å². The van der Waals surface area contributed by atoms with Crippen molar-refractivity contribution in [3.05, 3.63) is 35.9 Å². The Labute approximate surface area is 112 Å². The molecule has 1 fully saturated rings. The molecule has 1 saturated heterocycles. The lowest BCUT2D eigenvalue weighted by Gasteiger charge is -2.39. The highest BCUT2D eigenvalue weighted by molar-refractivity contribution is 5.84. The molecule has 0 unspecified atom stereocenters. The van der Waals surface area contributed by atoms with Crippen LogP contribution in [0.4, 0.5) is 0 Å². The second kappa shape index (κ2) is 5.84. The standard InChI is InChI=1S/C14H17NO4/c1-10(19-11(2)16)13-8-15(14(13)17)18-9-12-6-4-3-5-7-12/h3-7,10,13H,8-9H2,1-2H3/t10-,13-/m0/s1. The zero-order chi connectivity index (χ0) is 13.8. The first-order chi connectivity index (χ1) is 9.08. The summed E-state index contributed by atoms with van der Waals surface area (Å²) in [6.07, 6.45) is -0.401. The molecule has 1 aliphatic heterocycles. The van der Waals surface area contributed by atoms with Crippen LogP contribution in [0.3, 0.4) is 0 Å². The van der Waals surface area contributed by atoms with E-state index >= 15 is 0 Å². The molecule has 0 aliphatic carbocycles. The van der Waals surface area contributed by atoms with Gasteiger partial charge in [0.1, 0.15) is 12.7 Å². The summed E-state index contributed by atoms with van der Waals surface area (Å²) in [5, 5.41) is 1.32. The van der Waals surface area contributed by atoms with Crippen LogP contribution in [0.25, 0.3) is 0 Å². The Morgan fingerprint density at radius 3 is 2.68 bits per heavy atom. The van der Waals surface area contributed by atoms with Crippen LogP contribution in [0, 0.1) is 5.92 Å². The highest BCUT2D eigenvalue weighted by Gasteiger charge is 2.42. The molecule has 2 atom stereocenters. The van der Waals surface area contributed by atoms with Crippen molar-refractivity contribution in [3.8, 4) is 0 Å². The number of carbonyl (C=O) groups is 2. The average Bonchev–Trinajstić information content (AvgIpc) is 2.37. The second-order valence-electron chi connectivity index (χ2n) is 4.58. The first-order valence-electron chi connectivity index (χ1n) is 6.23. The fraction of sp³-hybridized carbons (Fsp3) is 0.429. The van der Waals surface area contributed by atoms with Gasteiger partial charge >= 0.3 is 5.97 Å². The van der Waals surface area contributed by atoms with Crippen molar-refractivity contribution < 1.29 is 19.2 Å². The van der Waals surface area contributed by atoms with Crippen molar-refractivity contribution in [2.24, 2.45) is 5.92 Å². The van der Waals surface area contributed by atoms with Crippen LogP contribution in [0.15, 0.2) is 30.3 Å². The van der Waals surface area contributed by atoms with Crippen molar-refractivity contribution in [2.45, 2.75) is 26.6 Å². The number of ether oxygens (including phenoxy) is 1. The minimum absolute atomic E-state index is 0.135. The summed E-state index contributed by atoms with van der Waals surface area (Å²) in [4.78, 5) is 28.0. The maximum Gasteiger partial charge on any atom is 0.302 e. The fourth-order valence-corrected chi connectivity index (χ4v) is 1.96. The van der Waals surface area contributed by atoms with Gasteiger partial charge in [0.05, 0.1) is 12.5 Å². The molecule has 1 amide bonds. The molecule has 5 heteroatoms. The summed E-state index contributed by atoms with van der Waals surface area (Å²) in [7, 11) is 0. The second-order valence-corrected chi connectivity index (χ2v) is 4.58. The molecule has 0 spiro atoms. The van der Waals surface area contributed by atoms with Gasteiger partial charge in [0.15, 0.2) is 0 Å². The minimum atomic E-state index is -0.401. The Hall–Kier alpha value is -1.88. The summed E-state index contributed by atoms with van der Waals surface area (Å²) in [5.41, 5.74) is 1.01. The van der Waals surface area contributed by atoms with Crippen LogP contribution in [-0.4, -0.2) is 29.6 Å². The van der Waals surface area contributed by atoms with Crippen molar-refractivity contribution in [3.63, 3.8) is 0 Å². The smallest absolute Gasteiger partial charge is 0.302 e. The molecule has 0 saturated carbocycles. The first-order valence-corrected chi connectivity index (χ1v) is 6.23. The summed E-state index contributed by atoms with van der Waals surface area (Å²) in [6, 6.07) is 9.63. The quantitative estimate of drug-likeness (QED) is 0.597. The first kappa shape index (κ1) is 13.5. The molecule has 0 aromatic heterocycles. The third-order valence-electron chi connectivity index (χ3n) is 3.07. The third-order valence-corrected chi connectivity index (χ3v) is 3.07. The topological polar surface area (TPSA) is 55.8 Å². The van der Waals surface area contributed by atoms with E-state index in [1.165, 1.54) is 12.0 Å². The van der Waals surface area contributed by atoms with E-state index in [-0.39, 0.29) is 17.8 Å². The number of β-lactam (4-membered cyclic amide) rings is 1. The van der Waals surface area contributed by atoms with E-state index < -0.39 is 6.10 Å². The number of amides is 1. The van der Waals surface area contributed by atoms with Crippen LogP contribution in [0.5, 0.6) is 0 Å². The molecule has 19 heavy (non-hydrogen) atoms. The van der Waals surface area contributed by atoms with Crippen LogP contribution in [-0.2, 0) is 25.8 Å². The number of carbonyl (C=O) groups excluding carboxylic acids is 2. The molecule has 5 nitrogen and oxygen atoms in total. The number of rotatable bonds is 5. The SMILES string of the molecule is CC(=O)O[C@@H](C)[C@@H]1CN(OCc2ccccc2)C1=O. The summed E-state index contributed by atoms with van der Waals surface area (Å²) in [6.45, 7) is 3.88. The van der Waals surface area contributed by atoms with Gasteiger partial charge in [-0.25, -0.2) is 5.06 Å². The number of hydrogen-bond acceptors (Lipinski definition) is 4. The largest absolute Gasteiger partial charge is 0.462 e. The molecular weight excluding hydrogens is 246 g/mol. The predicted molar refractivity (Wildman–Crippen MR) is 67.7 cm³/mol. The van der Waals surface area contributed by atoms with Crippen molar-refractivity contribution in [2.75, 3.05) is 6.54 Å². The number of benzene rings is 1. The molecule has 2 rings (SSSR count). The number of hydroxylamine groups is 2. The van der Waals surface area contributed by atoms with Gasteiger partial charge in [-0.1, -0.05) is 30.3 Å². The Kier molecular flexibility index (Phi) is 4.16. The van der Waals surface area contributed by atoms with Gasteiger partial charge in [0.25, 0.3) is 5.91 Å². The third kappa shape index (κ3) is 3.32. The van der Waals surface area contributed by atoms with Gasteiger partial charge in [0, 0.05) is 6.92 Å².